The Morgan fingerprint density at radius 3 is 2.62 bits per heavy atom. The van der Waals surface area contributed by atoms with Gasteiger partial charge in [-0.1, -0.05) is 39.0 Å². The summed E-state index contributed by atoms with van der Waals surface area (Å²) >= 11 is 1.65. The molecular formula is C14H19N3O3S. The minimum atomic E-state index is -0.464. The van der Waals surface area contributed by atoms with Gasteiger partial charge in [0.25, 0.3) is 0 Å². The summed E-state index contributed by atoms with van der Waals surface area (Å²) in [5.41, 5.74) is 0.656. The molecule has 2 rings (SSSR count). The van der Waals surface area contributed by atoms with E-state index in [1.165, 1.54) is 38.2 Å². The van der Waals surface area contributed by atoms with E-state index in [9.17, 15) is 10.1 Å². The Morgan fingerprint density at radius 1 is 1.14 bits per heavy atom. The van der Waals surface area contributed by atoms with Crippen LogP contribution in [0.2, 0.25) is 0 Å². The van der Waals surface area contributed by atoms with E-state index in [0.29, 0.717) is 5.52 Å². The lowest BCUT2D eigenvalue weighted by atomic mass is 10.1. The molecule has 0 fully saturated rings. The quantitative estimate of drug-likeness (QED) is 0.292. The first-order valence-corrected chi connectivity index (χ1v) is 8.25. The molecule has 0 saturated carbocycles. The van der Waals surface area contributed by atoms with Crippen molar-refractivity contribution in [3.63, 3.8) is 0 Å². The van der Waals surface area contributed by atoms with Crippen molar-refractivity contribution >= 4 is 28.5 Å². The predicted molar refractivity (Wildman–Crippen MR) is 82.6 cm³/mol. The van der Waals surface area contributed by atoms with Gasteiger partial charge in [-0.2, -0.15) is 0 Å². The average Bonchev–Trinajstić information content (AvgIpc) is 2.95. The van der Waals surface area contributed by atoms with Crippen molar-refractivity contribution in [2.24, 2.45) is 0 Å². The van der Waals surface area contributed by atoms with Gasteiger partial charge < -0.3 is 0 Å². The van der Waals surface area contributed by atoms with Gasteiger partial charge in [-0.05, 0) is 28.6 Å². The SMILES string of the molecule is CCCCCCCCSc1ccc([N+](=O)[O-])c2nonc12. The predicted octanol–water partition coefficient (Wildman–Crippen LogP) is 4.58. The first-order chi connectivity index (χ1) is 10.2. The molecule has 2 aromatic rings. The molecule has 0 N–H and O–H groups in total. The number of nitro groups is 1. The van der Waals surface area contributed by atoms with Crippen LogP contribution in [0.5, 0.6) is 0 Å². The van der Waals surface area contributed by atoms with Crippen LogP contribution in [0.15, 0.2) is 21.7 Å². The molecule has 0 bridgehead atoms. The second kappa shape index (κ2) is 7.97. The van der Waals surface area contributed by atoms with Gasteiger partial charge in [0.15, 0.2) is 5.52 Å². The van der Waals surface area contributed by atoms with Gasteiger partial charge in [0.2, 0.25) is 5.52 Å². The fourth-order valence-corrected chi connectivity index (χ4v) is 3.16. The number of thioether (sulfide) groups is 1. The Bertz CT molecular complexity index is 600. The molecule has 7 heteroatoms. The highest BCUT2D eigenvalue weighted by Crippen LogP contribution is 2.32. The molecular weight excluding hydrogens is 290 g/mol. The molecule has 1 aromatic heterocycles. The van der Waals surface area contributed by atoms with Gasteiger partial charge in [0.1, 0.15) is 0 Å². The smallest absolute Gasteiger partial charge is 0.258 e. The fraction of sp³-hybridized carbons (Fsp3) is 0.571. The van der Waals surface area contributed by atoms with Crippen LogP contribution < -0.4 is 0 Å². The molecule has 0 saturated heterocycles. The Labute approximate surface area is 127 Å². The first-order valence-electron chi connectivity index (χ1n) is 7.26. The summed E-state index contributed by atoms with van der Waals surface area (Å²) in [7, 11) is 0. The maximum Gasteiger partial charge on any atom is 0.300 e. The molecule has 1 heterocycles. The van der Waals surface area contributed by atoms with E-state index in [0.717, 1.165) is 17.1 Å². The van der Waals surface area contributed by atoms with E-state index in [1.807, 2.05) is 0 Å². The van der Waals surface area contributed by atoms with Gasteiger partial charge in [0, 0.05) is 11.0 Å². The summed E-state index contributed by atoms with van der Waals surface area (Å²) in [6, 6.07) is 3.20. The molecule has 0 radical (unpaired) electrons. The number of fused-ring (bicyclic) bond motifs is 1. The maximum absolute atomic E-state index is 10.9. The van der Waals surface area contributed by atoms with Crippen LogP contribution >= 0.6 is 11.8 Å². The Morgan fingerprint density at radius 2 is 1.86 bits per heavy atom. The summed E-state index contributed by atoms with van der Waals surface area (Å²) in [5.74, 6) is 0.978. The topological polar surface area (TPSA) is 82.1 Å². The number of aromatic nitrogens is 2. The van der Waals surface area contributed by atoms with E-state index in [2.05, 4.69) is 21.9 Å². The molecule has 0 amide bonds. The lowest BCUT2D eigenvalue weighted by Crippen LogP contribution is -1.90. The van der Waals surface area contributed by atoms with Crippen molar-refractivity contribution in [2.75, 3.05) is 5.75 Å². The van der Waals surface area contributed by atoms with Crippen LogP contribution in [0.1, 0.15) is 45.4 Å². The molecule has 1 aromatic carbocycles. The highest BCUT2D eigenvalue weighted by atomic mass is 32.2. The van der Waals surface area contributed by atoms with Crippen LogP contribution in [0.4, 0.5) is 5.69 Å². The third kappa shape index (κ3) is 4.17. The van der Waals surface area contributed by atoms with E-state index in [4.69, 9.17) is 0 Å². The molecule has 21 heavy (non-hydrogen) atoms. The number of benzene rings is 1. The minimum absolute atomic E-state index is 0.0600. The van der Waals surface area contributed by atoms with Crippen LogP contribution in [0, 0.1) is 10.1 Å². The fourth-order valence-electron chi connectivity index (χ4n) is 2.16. The highest BCUT2D eigenvalue weighted by molar-refractivity contribution is 7.99. The summed E-state index contributed by atoms with van der Waals surface area (Å²) in [5, 5.41) is 18.3. The summed E-state index contributed by atoms with van der Waals surface area (Å²) in [4.78, 5) is 11.3. The van der Waals surface area contributed by atoms with Crippen LogP contribution in [-0.2, 0) is 0 Å². The molecule has 6 nitrogen and oxygen atoms in total. The zero-order chi connectivity index (χ0) is 15.1. The normalized spacial score (nSPS) is 11.1. The van der Waals surface area contributed by atoms with Crippen molar-refractivity contribution in [1.82, 2.24) is 10.3 Å². The molecule has 0 unspecified atom stereocenters. The van der Waals surface area contributed by atoms with Gasteiger partial charge in [-0.15, -0.1) is 11.8 Å². The van der Waals surface area contributed by atoms with Crippen molar-refractivity contribution < 1.29 is 9.55 Å². The first kappa shape index (κ1) is 15.8. The lowest BCUT2D eigenvalue weighted by molar-refractivity contribution is -0.383. The van der Waals surface area contributed by atoms with Gasteiger partial charge in [0.05, 0.1) is 4.92 Å². The number of unbranched alkanes of at least 4 members (excludes halogenated alkanes) is 5. The number of nitrogens with zero attached hydrogens (tertiary/aromatic N) is 3. The van der Waals surface area contributed by atoms with Gasteiger partial charge >= 0.3 is 5.69 Å². The third-order valence-electron chi connectivity index (χ3n) is 3.31. The Balaban J connectivity index is 1.90. The zero-order valence-corrected chi connectivity index (χ0v) is 12.9. The summed E-state index contributed by atoms with van der Waals surface area (Å²) in [6.07, 6.45) is 7.50. The number of rotatable bonds is 9. The van der Waals surface area contributed by atoms with E-state index in [-0.39, 0.29) is 11.2 Å². The standard InChI is InChI=1S/C14H19N3O3S/c1-2-3-4-5-6-7-10-21-12-9-8-11(17(18)19)13-14(12)16-20-15-13/h8-9H,2-7,10H2,1H3. The average molecular weight is 309 g/mol. The monoisotopic (exact) mass is 309 g/mol. The van der Waals surface area contributed by atoms with E-state index < -0.39 is 4.92 Å². The molecule has 0 atom stereocenters. The van der Waals surface area contributed by atoms with Crippen LogP contribution in [0.25, 0.3) is 11.0 Å². The van der Waals surface area contributed by atoms with Crippen LogP contribution in [-0.4, -0.2) is 21.0 Å². The molecule has 114 valence electrons. The number of nitro benzene ring substituents is 1. The third-order valence-corrected chi connectivity index (χ3v) is 4.44. The second-order valence-electron chi connectivity index (χ2n) is 4.92. The molecule has 0 aliphatic heterocycles. The zero-order valence-electron chi connectivity index (χ0n) is 12.1. The van der Waals surface area contributed by atoms with Gasteiger partial charge in [-0.3, -0.25) is 10.1 Å². The van der Waals surface area contributed by atoms with Gasteiger partial charge in [-0.25, -0.2) is 4.63 Å². The van der Waals surface area contributed by atoms with Crippen molar-refractivity contribution in [2.45, 2.75) is 50.3 Å². The minimum Gasteiger partial charge on any atom is -0.258 e. The van der Waals surface area contributed by atoms with Crippen molar-refractivity contribution in [1.29, 1.82) is 0 Å². The number of hydrogen-bond donors (Lipinski definition) is 0. The number of non-ortho nitro benzene ring substituents is 1. The van der Waals surface area contributed by atoms with E-state index >= 15 is 0 Å². The largest absolute Gasteiger partial charge is 0.300 e. The lowest BCUT2D eigenvalue weighted by Gasteiger charge is -2.02. The molecule has 0 aliphatic carbocycles. The Kier molecular flexibility index (Phi) is 5.98. The van der Waals surface area contributed by atoms with Crippen molar-refractivity contribution in [3.8, 4) is 0 Å². The second-order valence-corrected chi connectivity index (χ2v) is 6.05. The van der Waals surface area contributed by atoms with Crippen LogP contribution in [0.3, 0.4) is 0 Å². The summed E-state index contributed by atoms with van der Waals surface area (Å²) < 4.78 is 4.65. The molecule has 0 spiro atoms. The highest BCUT2D eigenvalue weighted by Gasteiger charge is 2.19. The van der Waals surface area contributed by atoms with Crippen molar-refractivity contribution in [3.05, 3.63) is 22.2 Å². The Hall–Kier alpha value is -1.63. The number of hydrogen-bond acceptors (Lipinski definition) is 6. The molecule has 0 aliphatic rings. The van der Waals surface area contributed by atoms with E-state index in [1.54, 1.807) is 17.8 Å². The summed E-state index contributed by atoms with van der Waals surface area (Å²) in [6.45, 7) is 2.21. The maximum atomic E-state index is 10.9.